The molecule has 3 rings (SSSR count). The number of benzene rings is 1. The van der Waals surface area contributed by atoms with Crippen molar-refractivity contribution in [2.45, 2.75) is 38.0 Å². The van der Waals surface area contributed by atoms with Crippen molar-refractivity contribution in [3.63, 3.8) is 0 Å². The van der Waals surface area contributed by atoms with Crippen LogP contribution in [0.15, 0.2) is 24.3 Å². The van der Waals surface area contributed by atoms with Crippen molar-refractivity contribution in [2.24, 2.45) is 0 Å². The van der Waals surface area contributed by atoms with Gasteiger partial charge in [-0.05, 0) is 37.5 Å². The Kier molecular flexibility index (Phi) is 6.21. The van der Waals surface area contributed by atoms with Crippen molar-refractivity contribution >= 4 is 5.82 Å². The number of aromatic nitrogens is 2. The third kappa shape index (κ3) is 5.11. The van der Waals surface area contributed by atoms with Crippen molar-refractivity contribution in [1.29, 1.82) is 0 Å². The summed E-state index contributed by atoms with van der Waals surface area (Å²) in [5.41, 5.74) is -0.560. The third-order valence-corrected chi connectivity index (χ3v) is 5.05. The van der Waals surface area contributed by atoms with E-state index < -0.39 is 23.5 Å². The molecule has 158 valence electrons. The predicted molar refractivity (Wildman–Crippen MR) is 96.6 cm³/mol. The number of nitrogens with zero attached hydrogens (tertiary/aromatic N) is 3. The highest BCUT2D eigenvalue weighted by atomic mass is 19.4. The average molecular weight is 416 g/mol. The van der Waals surface area contributed by atoms with Crippen molar-refractivity contribution < 1.29 is 26.7 Å². The van der Waals surface area contributed by atoms with E-state index in [1.807, 2.05) is 6.92 Å². The molecule has 5 nitrogen and oxygen atoms in total. The standard InChI is InChI=1S/C19H21F5N4O/c1-11(12-7-13(20)9-14(21)8-12)28-5-3-15(4-6-28)25-18-16(29-2)10-17(26-27-18)19(22,23)24/h7-11,15H,3-6H2,1-2H3,(H,25,27). The molecule has 1 N–H and O–H groups in total. The molecule has 1 aliphatic rings. The first-order chi connectivity index (χ1) is 13.7. The molecule has 0 spiro atoms. The summed E-state index contributed by atoms with van der Waals surface area (Å²) in [6, 6.07) is 4.08. The van der Waals surface area contributed by atoms with Crippen molar-refractivity contribution in [3.05, 3.63) is 47.2 Å². The van der Waals surface area contributed by atoms with Gasteiger partial charge in [-0.25, -0.2) is 8.78 Å². The van der Waals surface area contributed by atoms with E-state index in [2.05, 4.69) is 20.4 Å². The lowest BCUT2D eigenvalue weighted by atomic mass is 10.00. The van der Waals surface area contributed by atoms with Crippen LogP contribution in [-0.4, -0.2) is 41.3 Å². The van der Waals surface area contributed by atoms with Crippen LogP contribution in [0.5, 0.6) is 5.75 Å². The number of likely N-dealkylation sites (tertiary alicyclic amines) is 1. The van der Waals surface area contributed by atoms with Gasteiger partial charge >= 0.3 is 6.18 Å². The number of alkyl halides is 3. The zero-order valence-corrected chi connectivity index (χ0v) is 15.9. The van der Waals surface area contributed by atoms with Crippen LogP contribution in [0.4, 0.5) is 27.8 Å². The Bertz CT molecular complexity index is 833. The van der Waals surface area contributed by atoms with Crippen LogP contribution >= 0.6 is 0 Å². The highest BCUT2D eigenvalue weighted by molar-refractivity contribution is 5.50. The van der Waals surface area contributed by atoms with E-state index in [9.17, 15) is 22.0 Å². The van der Waals surface area contributed by atoms with Gasteiger partial charge in [-0.3, -0.25) is 4.90 Å². The lowest BCUT2D eigenvalue weighted by Crippen LogP contribution is -2.40. The van der Waals surface area contributed by atoms with Crippen LogP contribution in [0.1, 0.15) is 37.1 Å². The molecule has 0 radical (unpaired) electrons. The summed E-state index contributed by atoms with van der Waals surface area (Å²) in [5, 5.41) is 9.94. The minimum atomic E-state index is -4.60. The topological polar surface area (TPSA) is 50.3 Å². The minimum Gasteiger partial charge on any atom is -0.493 e. The predicted octanol–water partition coefficient (Wildman–Crippen LogP) is 4.42. The monoisotopic (exact) mass is 416 g/mol. The fourth-order valence-corrected chi connectivity index (χ4v) is 3.42. The molecule has 1 aliphatic heterocycles. The Balaban J connectivity index is 1.62. The molecule has 0 aliphatic carbocycles. The number of hydrogen-bond donors (Lipinski definition) is 1. The summed E-state index contributed by atoms with van der Waals surface area (Å²) in [6.07, 6.45) is -3.25. The normalized spacial score (nSPS) is 17.2. The van der Waals surface area contributed by atoms with Crippen molar-refractivity contribution in [2.75, 3.05) is 25.5 Å². The fourth-order valence-electron chi connectivity index (χ4n) is 3.42. The SMILES string of the molecule is COc1cc(C(F)(F)F)nnc1NC1CCN(C(C)c2cc(F)cc(F)c2)CC1. The number of nitrogens with one attached hydrogen (secondary N) is 1. The molecule has 2 aromatic rings. The number of methoxy groups -OCH3 is 1. The summed E-state index contributed by atoms with van der Waals surface area (Å²) in [6.45, 7) is 3.17. The molecule has 1 unspecified atom stereocenters. The Morgan fingerprint density at radius 2 is 1.69 bits per heavy atom. The Morgan fingerprint density at radius 1 is 1.07 bits per heavy atom. The van der Waals surface area contributed by atoms with Crippen LogP contribution in [0, 0.1) is 11.6 Å². The summed E-state index contributed by atoms with van der Waals surface area (Å²) < 4.78 is 70.3. The van der Waals surface area contributed by atoms with E-state index in [-0.39, 0.29) is 23.7 Å². The minimum absolute atomic E-state index is 0.0293. The molecule has 0 amide bonds. The zero-order valence-electron chi connectivity index (χ0n) is 15.9. The van der Waals surface area contributed by atoms with Crippen molar-refractivity contribution in [3.8, 4) is 5.75 Å². The van der Waals surface area contributed by atoms with Crippen LogP contribution in [0.2, 0.25) is 0 Å². The average Bonchev–Trinajstić information content (AvgIpc) is 2.66. The van der Waals surface area contributed by atoms with Crippen LogP contribution in [0.3, 0.4) is 0 Å². The molecule has 1 aromatic heterocycles. The zero-order chi connectivity index (χ0) is 21.2. The maximum absolute atomic E-state index is 13.5. The van der Waals surface area contributed by atoms with E-state index in [0.717, 1.165) is 12.1 Å². The first-order valence-corrected chi connectivity index (χ1v) is 9.13. The molecule has 1 aromatic carbocycles. The van der Waals surface area contributed by atoms with Gasteiger partial charge in [0.1, 0.15) is 11.6 Å². The number of halogens is 5. The highest BCUT2D eigenvalue weighted by Crippen LogP contribution is 2.33. The number of rotatable bonds is 5. The number of piperidine rings is 1. The molecule has 29 heavy (non-hydrogen) atoms. The van der Waals surface area contributed by atoms with E-state index in [1.165, 1.54) is 19.2 Å². The molecule has 10 heteroatoms. The molecule has 1 atom stereocenters. The molecule has 2 heterocycles. The Morgan fingerprint density at radius 3 is 2.24 bits per heavy atom. The summed E-state index contributed by atoms with van der Waals surface area (Å²) in [5.74, 6) is -1.11. The van der Waals surface area contributed by atoms with Gasteiger partial charge in [-0.15, -0.1) is 10.2 Å². The number of anilines is 1. The maximum Gasteiger partial charge on any atom is 0.435 e. The van der Waals surface area contributed by atoms with Gasteiger partial charge in [0, 0.05) is 37.3 Å². The lowest BCUT2D eigenvalue weighted by Gasteiger charge is -2.36. The van der Waals surface area contributed by atoms with E-state index in [1.54, 1.807) is 0 Å². The molecule has 1 fully saturated rings. The smallest absolute Gasteiger partial charge is 0.435 e. The first-order valence-electron chi connectivity index (χ1n) is 9.13. The second kappa shape index (κ2) is 8.48. The molecule has 1 saturated heterocycles. The van der Waals surface area contributed by atoms with Gasteiger partial charge in [0.2, 0.25) is 0 Å². The van der Waals surface area contributed by atoms with Gasteiger partial charge in [0.15, 0.2) is 17.3 Å². The number of hydrogen-bond acceptors (Lipinski definition) is 5. The highest BCUT2D eigenvalue weighted by Gasteiger charge is 2.34. The van der Waals surface area contributed by atoms with Crippen LogP contribution < -0.4 is 10.1 Å². The Hall–Kier alpha value is -2.49. The van der Waals surface area contributed by atoms with E-state index >= 15 is 0 Å². The van der Waals surface area contributed by atoms with Gasteiger partial charge in [0.25, 0.3) is 0 Å². The summed E-state index contributed by atoms with van der Waals surface area (Å²) in [4.78, 5) is 2.10. The molecular weight excluding hydrogens is 395 g/mol. The van der Waals surface area contributed by atoms with Gasteiger partial charge < -0.3 is 10.1 Å². The van der Waals surface area contributed by atoms with Crippen LogP contribution in [0.25, 0.3) is 0 Å². The van der Waals surface area contributed by atoms with Crippen molar-refractivity contribution in [1.82, 2.24) is 15.1 Å². The fraction of sp³-hybridized carbons (Fsp3) is 0.474. The largest absolute Gasteiger partial charge is 0.493 e. The second-order valence-electron chi connectivity index (χ2n) is 6.98. The Labute approximate surface area is 164 Å². The van der Waals surface area contributed by atoms with Gasteiger partial charge in [-0.2, -0.15) is 13.2 Å². The molecule has 0 saturated carbocycles. The van der Waals surface area contributed by atoms with Gasteiger partial charge in [0.05, 0.1) is 7.11 Å². The quantitative estimate of drug-likeness (QED) is 0.732. The summed E-state index contributed by atoms with van der Waals surface area (Å²) in [7, 11) is 1.27. The lowest BCUT2D eigenvalue weighted by molar-refractivity contribution is -0.141. The summed E-state index contributed by atoms with van der Waals surface area (Å²) >= 11 is 0. The second-order valence-corrected chi connectivity index (χ2v) is 6.98. The number of ether oxygens (including phenoxy) is 1. The molecular formula is C19H21F5N4O. The van der Waals surface area contributed by atoms with E-state index in [4.69, 9.17) is 4.74 Å². The van der Waals surface area contributed by atoms with Crippen LogP contribution in [-0.2, 0) is 6.18 Å². The first kappa shape index (κ1) is 21.2. The third-order valence-electron chi connectivity index (χ3n) is 5.05. The molecule has 0 bridgehead atoms. The van der Waals surface area contributed by atoms with Gasteiger partial charge in [-0.1, -0.05) is 0 Å². The maximum atomic E-state index is 13.5. The van der Waals surface area contributed by atoms with E-state index in [0.29, 0.717) is 31.5 Å².